The second-order valence-electron chi connectivity index (χ2n) is 7.54. The second-order valence-corrected chi connectivity index (χ2v) is 9.45. The summed E-state index contributed by atoms with van der Waals surface area (Å²) >= 11 is 0. The topological polar surface area (TPSA) is 96.0 Å². The van der Waals surface area contributed by atoms with Crippen molar-refractivity contribution in [1.29, 1.82) is 0 Å². The number of carbonyl (C=O) groups excluding carboxylic acids is 2. The Hall–Kier alpha value is -3.14. The average molecular weight is 480 g/mol. The van der Waals surface area contributed by atoms with Gasteiger partial charge in [0.2, 0.25) is 21.8 Å². The largest absolute Gasteiger partial charge is 0.497 e. The standard InChI is InChI=1S/C23H30FN3O5S/c1-17(23(29)25-2)26(16-18-8-5-6-9-21(18)24)22(28)10-7-15-27(33(4,30)31)19-11-13-20(32-3)14-12-19/h5-6,8-9,11-14,17H,7,10,15-16H2,1-4H3,(H,25,29)/t17-/m0/s1. The van der Waals surface area contributed by atoms with E-state index in [-0.39, 0.29) is 43.3 Å². The Labute approximate surface area is 194 Å². The predicted octanol–water partition coefficient (Wildman–Crippen LogP) is 2.54. The molecule has 180 valence electrons. The molecular formula is C23H30FN3O5S. The number of methoxy groups -OCH3 is 1. The molecule has 0 bridgehead atoms. The Bertz CT molecular complexity index is 1060. The van der Waals surface area contributed by atoms with Crippen LogP contribution in [0.2, 0.25) is 0 Å². The summed E-state index contributed by atoms with van der Waals surface area (Å²) in [4.78, 5) is 26.5. The molecule has 0 unspecified atom stereocenters. The number of sulfonamides is 1. The third-order valence-electron chi connectivity index (χ3n) is 5.22. The van der Waals surface area contributed by atoms with Gasteiger partial charge in [0.1, 0.15) is 17.6 Å². The smallest absolute Gasteiger partial charge is 0.242 e. The summed E-state index contributed by atoms with van der Waals surface area (Å²) < 4.78 is 45.1. The highest BCUT2D eigenvalue weighted by Gasteiger charge is 2.26. The van der Waals surface area contributed by atoms with Crippen LogP contribution in [0, 0.1) is 5.82 Å². The highest BCUT2D eigenvalue weighted by Crippen LogP contribution is 2.22. The summed E-state index contributed by atoms with van der Waals surface area (Å²) in [6, 6.07) is 11.8. The van der Waals surface area contributed by atoms with E-state index in [1.54, 1.807) is 49.4 Å². The zero-order valence-corrected chi connectivity index (χ0v) is 20.1. The van der Waals surface area contributed by atoms with E-state index in [1.165, 1.54) is 29.4 Å². The van der Waals surface area contributed by atoms with Gasteiger partial charge in [0.25, 0.3) is 0 Å². The third-order valence-corrected chi connectivity index (χ3v) is 6.42. The summed E-state index contributed by atoms with van der Waals surface area (Å²) in [5.74, 6) is -0.635. The molecule has 8 nitrogen and oxygen atoms in total. The van der Waals surface area contributed by atoms with Gasteiger partial charge in [0.15, 0.2) is 0 Å². The van der Waals surface area contributed by atoms with Crippen molar-refractivity contribution in [3.05, 3.63) is 59.9 Å². The molecule has 2 aromatic rings. The van der Waals surface area contributed by atoms with Crippen molar-refractivity contribution in [3.63, 3.8) is 0 Å². The maximum atomic E-state index is 14.2. The van der Waals surface area contributed by atoms with E-state index < -0.39 is 21.9 Å². The van der Waals surface area contributed by atoms with Gasteiger partial charge in [-0.25, -0.2) is 12.8 Å². The van der Waals surface area contributed by atoms with Gasteiger partial charge in [0, 0.05) is 32.1 Å². The van der Waals surface area contributed by atoms with Crippen molar-refractivity contribution in [2.24, 2.45) is 0 Å². The summed E-state index contributed by atoms with van der Waals surface area (Å²) in [7, 11) is -0.612. The number of hydrogen-bond acceptors (Lipinski definition) is 5. The number of benzene rings is 2. The first-order valence-electron chi connectivity index (χ1n) is 10.4. The van der Waals surface area contributed by atoms with Crippen molar-refractivity contribution in [2.45, 2.75) is 32.4 Å². The van der Waals surface area contributed by atoms with E-state index in [0.717, 1.165) is 6.26 Å². The van der Waals surface area contributed by atoms with Gasteiger partial charge >= 0.3 is 0 Å². The van der Waals surface area contributed by atoms with Crippen molar-refractivity contribution in [2.75, 3.05) is 31.3 Å². The van der Waals surface area contributed by atoms with Crippen LogP contribution in [0.25, 0.3) is 0 Å². The maximum absolute atomic E-state index is 14.2. The Morgan fingerprint density at radius 2 is 1.76 bits per heavy atom. The SMILES string of the molecule is CNC(=O)[C@H](C)N(Cc1ccccc1F)C(=O)CCCN(c1ccc(OC)cc1)S(C)(=O)=O. The molecule has 0 heterocycles. The molecule has 2 amide bonds. The predicted molar refractivity (Wildman–Crippen MR) is 125 cm³/mol. The number of likely N-dealkylation sites (N-methyl/N-ethyl adjacent to an activating group) is 1. The van der Waals surface area contributed by atoms with E-state index in [1.807, 2.05) is 0 Å². The molecule has 1 atom stereocenters. The first-order chi connectivity index (χ1) is 15.6. The first kappa shape index (κ1) is 26.1. The molecule has 0 radical (unpaired) electrons. The number of rotatable bonds is 11. The van der Waals surface area contributed by atoms with Crippen LogP contribution in [0.4, 0.5) is 10.1 Å². The molecule has 0 fully saturated rings. The van der Waals surface area contributed by atoms with Gasteiger partial charge in [-0.05, 0) is 43.7 Å². The number of amides is 2. The van der Waals surface area contributed by atoms with E-state index >= 15 is 0 Å². The van der Waals surface area contributed by atoms with Gasteiger partial charge < -0.3 is 15.0 Å². The lowest BCUT2D eigenvalue weighted by Crippen LogP contribution is -2.47. The Balaban J connectivity index is 2.14. The lowest BCUT2D eigenvalue weighted by Gasteiger charge is -2.29. The normalized spacial score (nSPS) is 12.0. The molecule has 0 aliphatic carbocycles. The van der Waals surface area contributed by atoms with E-state index in [0.29, 0.717) is 11.4 Å². The lowest BCUT2D eigenvalue weighted by atomic mass is 10.1. The van der Waals surface area contributed by atoms with E-state index in [9.17, 15) is 22.4 Å². The van der Waals surface area contributed by atoms with Crippen LogP contribution < -0.4 is 14.4 Å². The molecule has 2 rings (SSSR count). The molecule has 0 aliphatic rings. The van der Waals surface area contributed by atoms with Crippen LogP contribution in [0.1, 0.15) is 25.3 Å². The minimum absolute atomic E-state index is 0.0159. The monoisotopic (exact) mass is 479 g/mol. The van der Waals surface area contributed by atoms with Gasteiger partial charge in [-0.2, -0.15) is 0 Å². The highest BCUT2D eigenvalue weighted by molar-refractivity contribution is 7.92. The maximum Gasteiger partial charge on any atom is 0.242 e. The minimum atomic E-state index is -3.59. The Morgan fingerprint density at radius 3 is 2.30 bits per heavy atom. The summed E-state index contributed by atoms with van der Waals surface area (Å²) in [6.45, 7) is 1.56. The van der Waals surface area contributed by atoms with Gasteiger partial charge in [0.05, 0.1) is 19.1 Å². The number of anilines is 1. The van der Waals surface area contributed by atoms with Crippen LogP contribution >= 0.6 is 0 Å². The Morgan fingerprint density at radius 1 is 1.12 bits per heavy atom. The molecule has 1 N–H and O–H groups in total. The zero-order valence-electron chi connectivity index (χ0n) is 19.2. The molecule has 0 spiro atoms. The summed E-state index contributed by atoms with van der Waals surface area (Å²) in [6.07, 6.45) is 1.29. The molecule has 2 aromatic carbocycles. The average Bonchev–Trinajstić information content (AvgIpc) is 2.79. The molecule has 33 heavy (non-hydrogen) atoms. The van der Waals surface area contributed by atoms with Crippen LogP contribution in [0.3, 0.4) is 0 Å². The summed E-state index contributed by atoms with van der Waals surface area (Å²) in [5, 5.41) is 2.50. The van der Waals surface area contributed by atoms with Crippen molar-refractivity contribution in [1.82, 2.24) is 10.2 Å². The van der Waals surface area contributed by atoms with E-state index in [4.69, 9.17) is 4.74 Å². The van der Waals surface area contributed by atoms with Crippen molar-refractivity contribution in [3.8, 4) is 5.75 Å². The first-order valence-corrected chi connectivity index (χ1v) is 12.3. The number of carbonyl (C=O) groups is 2. The molecule has 0 saturated heterocycles. The van der Waals surface area contributed by atoms with Crippen molar-refractivity contribution < 1.29 is 27.1 Å². The fourth-order valence-corrected chi connectivity index (χ4v) is 4.32. The number of nitrogens with one attached hydrogen (secondary N) is 1. The van der Waals surface area contributed by atoms with Crippen molar-refractivity contribution >= 4 is 27.5 Å². The molecular weight excluding hydrogens is 449 g/mol. The van der Waals surface area contributed by atoms with Crippen LogP contribution in [0.5, 0.6) is 5.75 Å². The Kier molecular flexibility index (Phi) is 9.22. The fraction of sp³-hybridized carbons (Fsp3) is 0.391. The molecule has 0 saturated carbocycles. The van der Waals surface area contributed by atoms with Crippen LogP contribution in [0.15, 0.2) is 48.5 Å². The molecule has 0 aromatic heterocycles. The van der Waals surface area contributed by atoms with Gasteiger partial charge in [-0.1, -0.05) is 18.2 Å². The lowest BCUT2D eigenvalue weighted by molar-refractivity contribution is -0.140. The fourth-order valence-electron chi connectivity index (χ4n) is 3.35. The molecule has 10 heteroatoms. The van der Waals surface area contributed by atoms with E-state index in [2.05, 4.69) is 5.32 Å². The van der Waals surface area contributed by atoms with Crippen LogP contribution in [-0.4, -0.2) is 58.1 Å². The van der Waals surface area contributed by atoms with Gasteiger partial charge in [-0.3, -0.25) is 13.9 Å². The number of hydrogen-bond donors (Lipinski definition) is 1. The highest BCUT2D eigenvalue weighted by atomic mass is 32.2. The number of halogens is 1. The third kappa shape index (κ3) is 7.18. The molecule has 0 aliphatic heterocycles. The quantitative estimate of drug-likeness (QED) is 0.534. The summed E-state index contributed by atoms with van der Waals surface area (Å²) in [5.41, 5.74) is 0.741. The minimum Gasteiger partial charge on any atom is -0.497 e. The number of nitrogens with zero attached hydrogens (tertiary/aromatic N) is 2. The number of ether oxygens (including phenoxy) is 1. The van der Waals surface area contributed by atoms with Crippen LogP contribution in [-0.2, 0) is 26.2 Å². The zero-order chi connectivity index (χ0) is 24.6. The second kappa shape index (κ2) is 11.6. The van der Waals surface area contributed by atoms with Gasteiger partial charge in [-0.15, -0.1) is 0 Å².